The average Bonchev–Trinajstić information content (AvgIpc) is 3.08. The zero-order valence-corrected chi connectivity index (χ0v) is 14.2. The van der Waals surface area contributed by atoms with E-state index < -0.39 is 22.6 Å². The number of benzene rings is 2. The Labute approximate surface area is 146 Å². The number of hydrogen-bond donors (Lipinski definition) is 1. The summed E-state index contributed by atoms with van der Waals surface area (Å²) in [5.41, 5.74) is 1.97. The summed E-state index contributed by atoms with van der Waals surface area (Å²) in [5, 5.41) is 0. The van der Waals surface area contributed by atoms with Crippen molar-refractivity contribution in [2.45, 2.75) is 23.7 Å². The molecule has 0 aliphatic carbocycles. The number of fused-ring (bicyclic) bond motifs is 1. The topological polar surface area (TPSA) is 49.0 Å². The molecule has 0 amide bonds. The number of aromatic amines is 1. The third-order valence-electron chi connectivity index (χ3n) is 4.58. The Bertz CT molecular complexity index is 902. The van der Waals surface area contributed by atoms with Gasteiger partial charge in [0.15, 0.2) is 11.6 Å². The summed E-state index contributed by atoms with van der Waals surface area (Å²) < 4.78 is 40.8. The second-order valence-electron chi connectivity index (χ2n) is 6.17. The summed E-state index contributed by atoms with van der Waals surface area (Å²) >= 11 is 0. The van der Waals surface area contributed by atoms with Crippen LogP contribution in [-0.2, 0) is 11.0 Å². The molecule has 1 atom stereocenters. The Morgan fingerprint density at radius 3 is 2.56 bits per heavy atom. The molecular formula is C18H17F2N3OS. The lowest BCUT2D eigenvalue weighted by molar-refractivity contribution is 0.328. The van der Waals surface area contributed by atoms with Gasteiger partial charge in [-0.2, -0.15) is 0 Å². The number of halogens is 2. The van der Waals surface area contributed by atoms with Crippen molar-refractivity contribution in [2.75, 3.05) is 13.1 Å². The number of piperidine rings is 1. The maximum absolute atomic E-state index is 13.4. The molecule has 3 aromatic rings. The standard InChI is InChI=1S/C18H17F2N3OS/c19-14-6-5-13(11-15(14)20)25(24)23-9-7-12(8-10-23)18-21-16-3-1-2-4-17(16)22-18/h1-6,11-12H,7-10H2,(H,21,22). The van der Waals surface area contributed by atoms with Crippen molar-refractivity contribution in [3.63, 3.8) is 0 Å². The van der Waals surface area contributed by atoms with Crippen molar-refractivity contribution in [1.29, 1.82) is 0 Å². The molecule has 1 N–H and O–H groups in total. The fourth-order valence-corrected chi connectivity index (χ4v) is 4.42. The zero-order chi connectivity index (χ0) is 17.4. The third kappa shape index (κ3) is 3.21. The molecular weight excluding hydrogens is 344 g/mol. The molecule has 7 heteroatoms. The van der Waals surface area contributed by atoms with E-state index in [1.807, 2.05) is 24.3 Å². The highest BCUT2D eigenvalue weighted by atomic mass is 32.2. The van der Waals surface area contributed by atoms with Gasteiger partial charge in [-0.25, -0.2) is 22.3 Å². The number of imidazole rings is 1. The fraction of sp³-hybridized carbons (Fsp3) is 0.278. The molecule has 1 aliphatic heterocycles. The van der Waals surface area contributed by atoms with Gasteiger partial charge in [0, 0.05) is 19.0 Å². The molecule has 0 radical (unpaired) electrons. The van der Waals surface area contributed by atoms with E-state index in [4.69, 9.17) is 0 Å². The number of nitrogens with zero attached hydrogens (tertiary/aromatic N) is 2. The minimum absolute atomic E-state index is 0.283. The normalized spacial score (nSPS) is 17.8. The van der Waals surface area contributed by atoms with E-state index in [0.717, 1.165) is 41.8 Å². The predicted octanol–water partition coefficient (Wildman–Crippen LogP) is 3.74. The molecule has 2 heterocycles. The number of H-pyrrole nitrogens is 1. The lowest BCUT2D eigenvalue weighted by Gasteiger charge is -2.29. The van der Waals surface area contributed by atoms with Crippen LogP contribution in [0.2, 0.25) is 0 Å². The average molecular weight is 361 g/mol. The van der Waals surface area contributed by atoms with Crippen LogP contribution in [0.1, 0.15) is 24.6 Å². The lowest BCUT2D eigenvalue weighted by Crippen LogP contribution is -2.34. The first kappa shape index (κ1) is 16.4. The second-order valence-corrected chi connectivity index (χ2v) is 7.65. The molecule has 0 bridgehead atoms. The van der Waals surface area contributed by atoms with E-state index in [1.54, 1.807) is 4.31 Å². The van der Waals surface area contributed by atoms with E-state index in [1.165, 1.54) is 6.07 Å². The Balaban J connectivity index is 1.45. The molecule has 1 fully saturated rings. The van der Waals surface area contributed by atoms with Crippen LogP contribution in [0.5, 0.6) is 0 Å². The largest absolute Gasteiger partial charge is 0.342 e. The number of nitrogens with one attached hydrogen (secondary N) is 1. The highest BCUT2D eigenvalue weighted by molar-refractivity contribution is 7.82. The van der Waals surface area contributed by atoms with E-state index in [-0.39, 0.29) is 5.92 Å². The molecule has 4 rings (SSSR count). The van der Waals surface area contributed by atoms with E-state index in [2.05, 4.69) is 9.97 Å². The van der Waals surface area contributed by atoms with Crippen LogP contribution in [0.3, 0.4) is 0 Å². The van der Waals surface area contributed by atoms with Crippen molar-refractivity contribution in [3.8, 4) is 0 Å². The van der Waals surface area contributed by atoms with Crippen LogP contribution in [0, 0.1) is 11.6 Å². The molecule has 1 aliphatic rings. The first-order valence-corrected chi connectivity index (χ1v) is 9.29. The Morgan fingerprint density at radius 2 is 1.84 bits per heavy atom. The maximum Gasteiger partial charge on any atom is 0.160 e. The first-order valence-electron chi connectivity index (χ1n) is 8.18. The highest BCUT2D eigenvalue weighted by Gasteiger charge is 2.26. The minimum Gasteiger partial charge on any atom is -0.342 e. The van der Waals surface area contributed by atoms with Crippen LogP contribution in [0.4, 0.5) is 8.78 Å². The van der Waals surface area contributed by atoms with E-state index >= 15 is 0 Å². The van der Waals surface area contributed by atoms with Crippen LogP contribution < -0.4 is 0 Å². The Hall–Kier alpha value is -2.12. The second kappa shape index (κ2) is 6.65. The number of aromatic nitrogens is 2. The fourth-order valence-electron chi connectivity index (χ4n) is 3.20. The van der Waals surface area contributed by atoms with Crippen molar-refractivity contribution in [1.82, 2.24) is 14.3 Å². The van der Waals surface area contributed by atoms with Crippen molar-refractivity contribution in [2.24, 2.45) is 0 Å². The van der Waals surface area contributed by atoms with Crippen LogP contribution in [0.25, 0.3) is 11.0 Å². The molecule has 25 heavy (non-hydrogen) atoms. The van der Waals surface area contributed by atoms with E-state index in [0.29, 0.717) is 18.0 Å². The molecule has 4 nitrogen and oxygen atoms in total. The van der Waals surface area contributed by atoms with Crippen molar-refractivity contribution in [3.05, 3.63) is 59.9 Å². The molecule has 1 saturated heterocycles. The number of rotatable bonds is 3. The zero-order valence-electron chi connectivity index (χ0n) is 13.4. The monoisotopic (exact) mass is 361 g/mol. The molecule has 2 aromatic carbocycles. The molecule has 0 saturated carbocycles. The van der Waals surface area contributed by atoms with Gasteiger partial charge in [0.25, 0.3) is 0 Å². The van der Waals surface area contributed by atoms with Gasteiger partial charge in [-0.15, -0.1) is 0 Å². The van der Waals surface area contributed by atoms with Crippen LogP contribution in [-0.4, -0.2) is 31.6 Å². The number of para-hydroxylation sites is 2. The number of hydrogen-bond acceptors (Lipinski definition) is 2. The van der Waals surface area contributed by atoms with Gasteiger partial charge >= 0.3 is 0 Å². The summed E-state index contributed by atoms with van der Waals surface area (Å²) in [5.74, 6) is -0.655. The van der Waals surface area contributed by atoms with Gasteiger partial charge in [0.05, 0.1) is 15.9 Å². The van der Waals surface area contributed by atoms with E-state index in [9.17, 15) is 13.0 Å². The van der Waals surface area contributed by atoms with Gasteiger partial charge in [0.2, 0.25) is 0 Å². The molecule has 1 aromatic heterocycles. The van der Waals surface area contributed by atoms with Crippen LogP contribution >= 0.6 is 0 Å². The summed E-state index contributed by atoms with van der Waals surface area (Å²) in [6.45, 7) is 1.24. The minimum atomic E-state index is -1.48. The summed E-state index contributed by atoms with van der Waals surface area (Å²) in [7, 11) is -1.48. The molecule has 1 unspecified atom stereocenters. The molecule has 0 spiro atoms. The Morgan fingerprint density at radius 1 is 1.08 bits per heavy atom. The highest BCUT2D eigenvalue weighted by Crippen LogP contribution is 2.29. The van der Waals surface area contributed by atoms with Gasteiger partial charge in [-0.3, -0.25) is 0 Å². The quantitative estimate of drug-likeness (QED) is 0.772. The smallest absolute Gasteiger partial charge is 0.160 e. The third-order valence-corrected chi connectivity index (χ3v) is 6.07. The maximum atomic E-state index is 13.4. The van der Waals surface area contributed by atoms with Crippen molar-refractivity contribution < 1.29 is 13.0 Å². The molecule has 130 valence electrons. The summed E-state index contributed by atoms with van der Waals surface area (Å²) in [6, 6.07) is 11.3. The first-order chi connectivity index (χ1) is 12.1. The van der Waals surface area contributed by atoms with Crippen LogP contribution in [0.15, 0.2) is 47.4 Å². The van der Waals surface area contributed by atoms with Gasteiger partial charge in [-0.05, 0) is 43.2 Å². The summed E-state index contributed by atoms with van der Waals surface area (Å²) in [6.07, 6.45) is 1.63. The SMILES string of the molecule is O=S(c1ccc(F)c(F)c1)N1CCC(c2nc3ccccc3[nH]2)CC1. The van der Waals surface area contributed by atoms with Crippen molar-refractivity contribution >= 4 is 22.0 Å². The summed E-state index contributed by atoms with van der Waals surface area (Å²) in [4.78, 5) is 8.30. The predicted molar refractivity (Wildman–Crippen MR) is 92.4 cm³/mol. The lowest BCUT2D eigenvalue weighted by atomic mass is 9.97. The van der Waals surface area contributed by atoms with Gasteiger partial charge < -0.3 is 4.98 Å². The Kier molecular flexibility index (Phi) is 4.35. The van der Waals surface area contributed by atoms with Gasteiger partial charge in [-0.1, -0.05) is 12.1 Å². The van der Waals surface area contributed by atoms with Gasteiger partial charge in [0.1, 0.15) is 16.8 Å².